The summed E-state index contributed by atoms with van der Waals surface area (Å²) >= 11 is 7.33. The molecule has 0 saturated heterocycles. The van der Waals surface area contributed by atoms with Gasteiger partial charge in [-0.1, -0.05) is 18.5 Å². The first-order chi connectivity index (χ1) is 13.7. The number of nitrogens with one attached hydrogen (secondary N) is 2. The molecule has 2 aromatic rings. The fourth-order valence-corrected chi connectivity index (χ4v) is 5.11. The molecule has 6 nitrogen and oxygen atoms in total. The molecule has 1 aliphatic heterocycles. The standard InChI is InChI=1S/C19H18ClFN2O4S2/c1-11-10-28-17-5-3-13(9-16(17)23-19(11)25)29(26,27)7-6-18(24)22-15-4-2-12(21)8-14(15)20/h2-5,8-9,11H,6-7,10H2,1H3,(H,22,24)(H,23,25)/t11-/m0/s1. The maximum atomic E-state index is 13.1. The van der Waals surface area contributed by atoms with E-state index in [0.29, 0.717) is 11.4 Å². The van der Waals surface area contributed by atoms with Crippen LogP contribution >= 0.6 is 23.4 Å². The molecule has 1 aliphatic rings. The van der Waals surface area contributed by atoms with Crippen molar-refractivity contribution in [3.8, 4) is 0 Å². The SMILES string of the molecule is C[C@H]1CSc2ccc(S(=O)(=O)CCC(=O)Nc3ccc(F)cc3Cl)cc2NC1=O. The number of sulfone groups is 1. The summed E-state index contributed by atoms with van der Waals surface area (Å²) in [7, 11) is -3.76. The molecule has 0 spiro atoms. The van der Waals surface area contributed by atoms with Crippen molar-refractivity contribution in [1.82, 2.24) is 0 Å². The molecule has 0 aromatic heterocycles. The van der Waals surface area contributed by atoms with Crippen LogP contribution in [0.4, 0.5) is 15.8 Å². The lowest BCUT2D eigenvalue weighted by Gasteiger charge is -2.11. The Balaban J connectivity index is 1.69. The number of carbonyl (C=O) groups is 2. The molecular formula is C19H18ClFN2O4S2. The Morgan fingerprint density at radius 3 is 2.79 bits per heavy atom. The van der Waals surface area contributed by atoms with E-state index in [1.807, 2.05) is 0 Å². The van der Waals surface area contributed by atoms with Crippen molar-refractivity contribution in [2.45, 2.75) is 23.1 Å². The lowest BCUT2D eigenvalue weighted by molar-refractivity contribution is -0.118. The number of hydrogen-bond acceptors (Lipinski definition) is 5. The lowest BCUT2D eigenvalue weighted by Crippen LogP contribution is -2.20. The van der Waals surface area contributed by atoms with Gasteiger partial charge in [-0.05, 0) is 36.4 Å². The maximum absolute atomic E-state index is 13.1. The van der Waals surface area contributed by atoms with Crippen LogP contribution in [-0.4, -0.2) is 31.7 Å². The largest absolute Gasteiger partial charge is 0.325 e. The van der Waals surface area contributed by atoms with E-state index in [2.05, 4.69) is 10.6 Å². The zero-order valence-corrected chi connectivity index (χ0v) is 17.8. The fraction of sp³-hybridized carbons (Fsp3) is 0.263. The Labute approximate surface area is 177 Å². The molecule has 29 heavy (non-hydrogen) atoms. The van der Waals surface area contributed by atoms with Crippen molar-refractivity contribution >= 4 is 56.4 Å². The molecule has 0 radical (unpaired) electrons. The molecule has 0 fully saturated rings. The average Bonchev–Trinajstić information content (AvgIpc) is 2.80. The number of thioether (sulfide) groups is 1. The van der Waals surface area contributed by atoms with Crippen LogP contribution in [0, 0.1) is 11.7 Å². The first-order valence-electron chi connectivity index (χ1n) is 8.71. The summed E-state index contributed by atoms with van der Waals surface area (Å²) in [5.74, 6) is -1.27. The van der Waals surface area contributed by atoms with Gasteiger partial charge in [-0.2, -0.15) is 0 Å². The van der Waals surface area contributed by atoms with E-state index < -0.39 is 27.3 Å². The van der Waals surface area contributed by atoms with Gasteiger partial charge in [0, 0.05) is 23.0 Å². The number of halogens is 2. The van der Waals surface area contributed by atoms with Crippen molar-refractivity contribution in [1.29, 1.82) is 0 Å². The quantitative estimate of drug-likeness (QED) is 0.710. The van der Waals surface area contributed by atoms with E-state index in [9.17, 15) is 22.4 Å². The minimum atomic E-state index is -3.76. The van der Waals surface area contributed by atoms with Gasteiger partial charge in [0.2, 0.25) is 11.8 Å². The minimum absolute atomic E-state index is 0.0226. The van der Waals surface area contributed by atoms with Gasteiger partial charge in [0.1, 0.15) is 5.82 Å². The van der Waals surface area contributed by atoms with Gasteiger partial charge in [0.05, 0.1) is 27.0 Å². The number of anilines is 2. The van der Waals surface area contributed by atoms with Gasteiger partial charge in [-0.25, -0.2) is 12.8 Å². The highest BCUT2D eigenvalue weighted by atomic mass is 35.5. The van der Waals surface area contributed by atoms with E-state index in [-0.39, 0.29) is 33.9 Å². The maximum Gasteiger partial charge on any atom is 0.228 e. The third-order valence-electron chi connectivity index (χ3n) is 4.31. The van der Waals surface area contributed by atoms with Crippen LogP contribution in [0.2, 0.25) is 5.02 Å². The number of rotatable bonds is 5. The van der Waals surface area contributed by atoms with Crippen LogP contribution < -0.4 is 10.6 Å². The molecule has 2 amide bonds. The van der Waals surface area contributed by atoms with Crippen molar-refractivity contribution in [2.24, 2.45) is 5.92 Å². The molecule has 154 valence electrons. The van der Waals surface area contributed by atoms with Crippen LogP contribution in [0.25, 0.3) is 0 Å². The lowest BCUT2D eigenvalue weighted by atomic mass is 10.2. The average molecular weight is 457 g/mol. The molecule has 10 heteroatoms. The van der Waals surface area contributed by atoms with Gasteiger partial charge in [0.15, 0.2) is 9.84 Å². The monoisotopic (exact) mass is 456 g/mol. The topological polar surface area (TPSA) is 92.3 Å². The van der Waals surface area contributed by atoms with Crippen molar-refractivity contribution in [2.75, 3.05) is 22.1 Å². The van der Waals surface area contributed by atoms with E-state index >= 15 is 0 Å². The molecule has 1 heterocycles. The minimum Gasteiger partial charge on any atom is -0.325 e. The van der Waals surface area contributed by atoms with Crippen molar-refractivity contribution in [3.05, 3.63) is 47.2 Å². The molecule has 3 rings (SSSR count). The summed E-state index contributed by atoms with van der Waals surface area (Å²) in [6.45, 7) is 1.80. The first-order valence-corrected chi connectivity index (χ1v) is 11.7. The van der Waals surface area contributed by atoms with E-state index in [1.165, 1.54) is 30.0 Å². The Morgan fingerprint density at radius 2 is 2.07 bits per heavy atom. The Hall–Kier alpha value is -2.10. The van der Waals surface area contributed by atoms with E-state index in [1.54, 1.807) is 13.0 Å². The molecular weight excluding hydrogens is 439 g/mol. The zero-order valence-electron chi connectivity index (χ0n) is 15.4. The molecule has 0 bridgehead atoms. The van der Waals surface area contributed by atoms with Gasteiger partial charge in [-0.15, -0.1) is 11.8 Å². The molecule has 2 N–H and O–H groups in total. The highest BCUT2D eigenvalue weighted by molar-refractivity contribution is 7.99. The van der Waals surface area contributed by atoms with Crippen molar-refractivity contribution in [3.63, 3.8) is 0 Å². The summed E-state index contributed by atoms with van der Waals surface area (Å²) in [6.07, 6.45) is -0.300. The van der Waals surface area contributed by atoms with Crippen LogP contribution in [0.15, 0.2) is 46.2 Å². The fourth-order valence-electron chi connectivity index (χ4n) is 2.62. The number of fused-ring (bicyclic) bond motifs is 1. The number of carbonyl (C=O) groups excluding carboxylic acids is 2. The highest BCUT2D eigenvalue weighted by Crippen LogP contribution is 2.34. The zero-order chi connectivity index (χ0) is 21.2. The predicted molar refractivity (Wildman–Crippen MR) is 112 cm³/mol. The molecule has 0 unspecified atom stereocenters. The van der Waals surface area contributed by atoms with Gasteiger partial charge < -0.3 is 10.6 Å². The third-order valence-corrected chi connectivity index (χ3v) is 7.67. The normalized spacial score (nSPS) is 16.5. The van der Waals surface area contributed by atoms with Gasteiger partial charge in [0.25, 0.3) is 0 Å². The Bertz CT molecular complexity index is 1080. The summed E-state index contributed by atoms with van der Waals surface area (Å²) in [4.78, 5) is 24.9. The number of benzene rings is 2. The van der Waals surface area contributed by atoms with Crippen LogP contribution in [0.1, 0.15) is 13.3 Å². The summed E-state index contributed by atoms with van der Waals surface area (Å²) in [5, 5.41) is 5.23. The molecule has 0 aliphatic carbocycles. The molecule has 0 saturated carbocycles. The van der Waals surface area contributed by atoms with Crippen molar-refractivity contribution < 1.29 is 22.4 Å². The number of hydrogen-bond donors (Lipinski definition) is 2. The number of amides is 2. The first kappa shape index (κ1) is 21.6. The Morgan fingerprint density at radius 1 is 1.31 bits per heavy atom. The van der Waals surface area contributed by atoms with E-state index in [4.69, 9.17) is 11.6 Å². The molecule has 1 atom stereocenters. The van der Waals surface area contributed by atoms with Gasteiger partial charge in [-0.3, -0.25) is 9.59 Å². The summed E-state index contributed by atoms with van der Waals surface area (Å²) < 4.78 is 38.4. The van der Waals surface area contributed by atoms with Crippen LogP contribution in [0.3, 0.4) is 0 Å². The second-order valence-corrected chi connectivity index (χ2v) is 10.2. The third kappa shape index (κ3) is 5.29. The van der Waals surface area contributed by atoms with Crippen LogP contribution in [-0.2, 0) is 19.4 Å². The smallest absolute Gasteiger partial charge is 0.228 e. The highest BCUT2D eigenvalue weighted by Gasteiger charge is 2.23. The summed E-state index contributed by atoms with van der Waals surface area (Å²) in [6, 6.07) is 8.04. The Kier molecular flexibility index (Phi) is 6.50. The second-order valence-electron chi connectivity index (χ2n) is 6.60. The van der Waals surface area contributed by atoms with Crippen LogP contribution in [0.5, 0.6) is 0 Å². The van der Waals surface area contributed by atoms with E-state index in [0.717, 1.165) is 17.0 Å². The predicted octanol–water partition coefficient (Wildman–Crippen LogP) is 3.96. The second kappa shape index (κ2) is 8.73. The molecule has 2 aromatic carbocycles. The van der Waals surface area contributed by atoms with Gasteiger partial charge >= 0.3 is 0 Å². The summed E-state index contributed by atoms with van der Waals surface area (Å²) in [5.41, 5.74) is 0.655.